The minimum atomic E-state index is -3.34. The van der Waals surface area contributed by atoms with Gasteiger partial charge in [-0.05, 0) is 32.6 Å². The first-order chi connectivity index (χ1) is 12.3. The Balaban J connectivity index is 2.03. The highest BCUT2D eigenvalue weighted by molar-refractivity contribution is 7.90. The number of hydrogen-bond acceptors (Lipinski definition) is 4. The maximum atomic E-state index is 12.8. The van der Waals surface area contributed by atoms with Gasteiger partial charge in [0, 0.05) is 39.8 Å². The molecule has 8 nitrogen and oxygen atoms in total. The lowest BCUT2D eigenvalue weighted by atomic mass is 10.1. The second-order valence-electron chi connectivity index (χ2n) is 7.31. The molecular formula is C17H33N5O3S. The Morgan fingerprint density at radius 1 is 1.19 bits per heavy atom. The van der Waals surface area contributed by atoms with E-state index in [1.54, 1.807) is 14.1 Å². The summed E-state index contributed by atoms with van der Waals surface area (Å²) < 4.78 is 28.4. The normalized spacial score (nSPS) is 22.5. The van der Waals surface area contributed by atoms with E-state index < -0.39 is 15.3 Å². The molecule has 1 aliphatic carbocycles. The van der Waals surface area contributed by atoms with Gasteiger partial charge in [-0.15, -0.1) is 0 Å². The number of piperidine rings is 1. The van der Waals surface area contributed by atoms with E-state index in [1.807, 2.05) is 11.8 Å². The van der Waals surface area contributed by atoms with Crippen molar-refractivity contribution >= 4 is 21.9 Å². The standard InChI is InChI=1S/C17H33N5O3S/c1-4-18-17(19-12-16(23)21(2)3)22-11-7-10-15(13-22)26(24,25)20-14-8-5-6-9-14/h14-15,20H,4-13H2,1-3H3,(H,18,19). The van der Waals surface area contributed by atoms with Gasteiger partial charge in [-0.3, -0.25) is 4.79 Å². The number of likely N-dealkylation sites (tertiary alicyclic amines) is 1. The van der Waals surface area contributed by atoms with Crippen molar-refractivity contribution in [3.63, 3.8) is 0 Å². The van der Waals surface area contributed by atoms with Gasteiger partial charge >= 0.3 is 0 Å². The van der Waals surface area contributed by atoms with Gasteiger partial charge in [-0.1, -0.05) is 12.8 Å². The van der Waals surface area contributed by atoms with E-state index in [1.165, 1.54) is 4.90 Å². The molecule has 1 amide bonds. The third kappa shape index (κ3) is 5.84. The molecule has 2 rings (SSSR count). The van der Waals surface area contributed by atoms with Crippen LogP contribution >= 0.6 is 0 Å². The van der Waals surface area contributed by atoms with Crippen LogP contribution in [0.15, 0.2) is 4.99 Å². The largest absolute Gasteiger partial charge is 0.357 e. The van der Waals surface area contributed by atoms with Crippen LogP contribution in [0.2, 0.25) is 0 Å². The topological polar surface area (TPSA) is 94.1 Å². The number of amides is 1. The third-order valence-corrected chi connectivity index (χ3v) is 6.92. The van der Waals surface area contributed by atoms with Crippen molar-refractivity contribution in [2.45, 2.75) is 56.7 Å². The maximum Gasteiger partial charge on any atom is 0.243 e. The first kappa shape index (κ1) is 21.0. The lowest BCUT2D eigenvalue weighted by Crippen LogP contribution is -2.53. The monoisotopic (exact) mass is 387 g/mol. The van der Waals surface area contributed by atoms with Crippen LogP contribution < -0.4 is 10.0 Å². The van der Waals surface area contributed by atoms with Gasteiger partial charge in [0.15, 0.2) is 5.96 Å². The fourth-order valence-corrected chi connectivity index (χ4v) is 5.21. The summed E-state index contributed by atoms with van der Waals surface area (Å²) in [6, 6.07) is 0.0926. The van der Waals surface area contributed by atoms with Crippen LogP contribution in [0.25, 0.3) is 0 Å². The molecule has 2 fully saturated rings. The van der Waals surface area contributed by atoms with E-state index in [9.17, 15) is 13.2 Å². The van der Waals surface area contributed by atoms with Crippen LogP contribution in [-0.2, 0) is 14.8 Å². The Labute approximate surface area is 157 Å². The highest BCUT2D eigenvalue weighted by atomic mass is 32.2. The molecule has 1 saturated heterocycles. The average Bonchev–Trinajstić information content (AvgIpc) is 3.10. The number of carbonyl (C=O) groups excluding carboxylic acids is 1. The predicted molar refractivity (Wildman–Crippen MR) is 104 cm³/mol. The second kappa shape index (κ2) is 9.55. The zero-order valence-electron chi connectivity index (χ0n) is 16.2. The predicted octanol–water partition coefficient (Wildman–Crippen LogP) is 0.367. The molecule has 1 heterocycles. The zero-order chi connectivity index (χ0) is 19.2. The van der Waals surface area contributed by atoms with Gasteiger partial charge in [0.2, 0.25) is 15.9 Å². The molecule has 0 aromatic carbocycles. The summed E-state index contributed by atoms with van der Waals surface area (Å²) >= 11 is 0. The zero-order valence-corrected chi connectivity index (χ0v) is 17.0. The van der Waals surface area contributed by atoms with Crippen LogP contribution in [-0.4, -0.2) is 81.7 Å². The fourth-order valence-electron chi connectivity index (χ4n) is 3.47. The molecule has 2 aliphatic rings. The molecule has 9 heteroatoms. The van der Waals surface area contributed by atoms with E-state index in [2.05, 4.69) is 15.0 Å². The van der Waals surface area contributed by atoms with Gasteiger partial charge in [0.1, 0.15) is 6.54 Å². The SMILES string of the molecule is CCNC(=NCC(=O)N(C)C)N1CCCC(S(=O)(=O)NC2CCCC2)C1. The van der Waals surface area contributed by atoms with E-state index >= 15 is 0 Å². The number of nitrogens with zero attached hydrogens (tertiary/aromatic N) is 3. The lowest BCUT2D eigenvalue weighted by Gasteiger charge is -2.35. The highest BCUT2D eigenvalue weighted by Crippen LogP contribution is 2.22. The number of aliphatic imine (C=N–C) groups is 1. The van der Waals surface area contributed by atoms with Crippen molar-refractivity contribution in [2.75, 3.05) is 40.3 Å². The summed E-state index contributed by atoms with van der Waals surface area (Å²) in [4.78, 5) is 19.7. The minimum Gasteiger partial charge on any atom is -0.357 e. The van der Waals surface area contributed by atoms with Crippen LogP contribution in [0.4, 0.5) is 0 Å². The van der Waals surface area contributed by atoms with Crippen LogP contribution in [0.3, 0.4) is 0 Å². The first-order valence-electron chi connectivity index (χ1n) is 9.58. The quantitative estimate of drug-likeness (QED) is 0.507. The maximum absolute atomic E-state index is 12.8. The van der Waals surface area contributed by atoms with E-state index in [4.69, 9.17) is 0 Å². The number of nitrogens with one attached hydrogen (secondary N) is 2. The molecule has 0 bridgehead atoms. The molecule has 0 radical (unpaired) electrons. The molecular weight excluding hydrogens is 354 g/mol. The van der Waals surface area contributed by atoms with Crippen molar-refractivity contribution < 1.29 is 13.2 Å². The molecule has 0 aromatic rings. The molecule has 1 unspecified atom stereocenters. The number of sulfonamides is 1. The molecule has 0 aromatic heterocycles. The smallest absolute Gasteiger partial charge is 0.243 e. The molecule has 0 spiro atoms. The summed E-state index contributed by atoms with van der Waals surface area (Å²) in [6.45, 7) is 3.84. The molecule has 2 N–H and O–H groups in total. The second-order valence-corrected chi connectivity index (χ2v) is 9.31. The van der Waals surface area contributed by atoms with E-state index in [-0.39, 0.29) is 18.5 Å². The number of likely N-dealkylation sites (N-methyl/N-ethyl adjacent to an activating group) is 1. The average molecular weight is 388 g/mol. The summed E-state index contributed by atoms with van der Waals surface area (Å²) in [5.41, 5.74) is 0. The summed E-state index contributed by atoms with van der Waals surface area (Å²) in [5.74, 6) is 0.535. The Morgan fingerprint density at radius 2 is 1.88 bits per heavy atom. The molecule has 150 valence electrons. The van der Waals surface area contributed by atoms with Gasteiger partial charge in [-0.2, -0.15) is 0 Å². The van der Waals surface area contributed by atoms with Crippen molar-refractivity contribution in [3.8, 4) is 0 Å². The summed E-state index contributed by atoms with van der Waals surface area (Å²) in [7, 11) is 0.0523. The summed E-state index contributed by atoms with van der Waals surface area (Å²) in [5, 5.41) is 2.74. The molecule has 1 atom stereocenters. The van der Waals surface area contributed by atoms with Crippen LogP contribution in [0, 0.1) is 0 Å². The number of hydrogen-bond donors (Lipinski definition) is 2. The van der Waals surface area contributed by atoms with E-state index in [0.29, 0.717) is 25.5 Å². The van der Waals surface area contributed by atoms with Gasteiger partial charge in [-0.25, -0.2) is 18.1 Å². The Morgan fingerprint density at radius 3 is 2.50 bits per heavy atom. The van der Waals surface area contributed by atoms with Gasteiger partial charge in [0.25, 0.3) is 0 Å². The van der Waals surface area contributed by atoms with Crippen LogP contribution in [0.1, 0.15) is 45.4 Å². The molecule has 1 saturated carbocycles. The van der Waals surface area contributed by atoms with Crippen molar-refractivity contribution in [2.24, 2.45) is 4.99 Å². The summed E-state index contributed by atoms with van der Waals surface area (Å²) in [6.07, 6.45) is 5.53. The Hall–Kier alpha value is -1.35. The number of rotatable bonds is 6. The number of guanidine groups is 1. The Kier molecular flexibility index (Phi) is 7.69. The number of carbonyl (C=O) groups is 1. The van der Waals surface area contributed by atoms with Crippen molar-refractivity contribution in [1.82, 2.24) is 19.8 Å². The van der Waals surface area contributed by atoms with Gasteiger partial charge < -0.3 is 15.1 Å². The fraction of sp³-hybridized carbons (Fsp3) is 0.882. The first-order valence-corrected chi connectivity index (χ1v) is 11.1. The highest BCUT2D eigenvalue weighted by Gasteiger charge is 2.34. The van der Waals surface area contributed by atoms with E-state index in [0.717, 1.165) is 38.6 Å². The minimum absolute atomic E-state index is 0.0591. The van der Waals surface area contributed by atoms with Crippen LogP contribution in [0.5, 0.6) is 0 Å². The van der Waals surface area contributed by atoms with Crippen molar-refractivity contribution in [1.29, 1.82) is 0 Å². The molecule has 26 heavy (non-hydrogen) atoms. The van der Waals surface area contributed by atoms with Gasteiger partial charge in [0.05, 0.1) is 5.25 Å². The van der Waals surface area contributed by atoms with Crippen molar-refractivity contribution in [3.05, 3.63) is 0 Å². The molecule has 1 aliphatic heterocycles. The Bertz CT molecular complexity index is 600. The third-order valence-electron chi connectivity index (χ3n) is 5.00. The lowest BCUT2D eigenvalue weighted by molar-refractivity contribution is -0.127.